The molecule has 0 aromatic heterocycles. The van der Waals surface area contributed by atoms with E-state index in [9.17, 15) is 13.2 Å². The van der Waals surface area contributed by atoms with E-state index in [2.05, 4.69) is 5.32 Å². The average molecular weight is 354 g/mol. The number of hydrogen-bond acceptors (Lipinski definition) is 5. The fourth-order valence-corrected chi connectivity index (χ4v) is 4.68. The Morgan fingerprint density at radius 1 is 1.38 bits per heavy atom. The molecule has 2 unspecified atom stereocenters. The van der Waals surface area contributed by atoms with Crippen LogP contribution in [-0.2, 0) is 14.6 Å². The van der Waals surface area contributed by atoms with Crippen LogP contribution in [-0.4, -0.2) is 58.3 Å². The van der Waals surface area contributed by atoms with E-state index in [0.29, 0.717) is 12.3 Å². The zero-order chi connectivity index (χ0) is 17.7. The van der Waals surface area contributed by atoms with Gasteiger partial charge < -0.3 is 15.0 Å². The van der Waals surface area contributed by atoms with E-state index in [-0.39, 0.29) is 22.6 Å². The predicted octanol–water partition coefficient (Wildman–Crippen LogP) is 1.32. The second kappa shape index (κ2) is 7.98. The minimum absolute atomic E-state index is 0.0789. The number of methoxy groups -OCH3 is 1. The van der Waals surface area contributed by atoms with Crippen LogP contribution < -0.4 is 10.1 Å². The van der Waals surface area contributed by atoms with Crippen LogP contribution in [0, 0.1) is 5.92 Å². The first kappa shape index (κ1) is 18.7. The standard InChI is InChI=1S/C17H26N2O4S/c1-13(17(20)19-10-4-5-14(19)11-18-2)12-24(21,22)16-8-6-15(23-3)7-9-16/h6-9,13-14,18H,4-5,10-12H2,1-3H3. The van der Waals surface area contributed by atoms with Crippen molar-refractivity contribution in [1.82, 2.24) is 10.2 Å². The van der Waals surface area contributed by atoms with E-state index in [4.69, 9.17) is 4.74 Å². The molecule has 24 heavy (non-hydrogen) atoms. The molecule has 7 heteroatoms. The van der Waals surface area contributed by atoms with Crippen LogP contribution in [0.5, 0.6) is 5.75 Å². The number of rotatable bonds is 7. The second-order valence-electron chi connectivity index (χ2n) is 6.24. The molecule has 1 aliphatic rings. The van der Waals surface area contributed by atoms with Crippen LogP contribution in [0.3, 0.4) is 0 Å². The molecule has 0 spiro atoms. The number of benzene rings is 1. The van der Waals surface area contributed by atoms with Crippen LogP contribution in [0.15, 0.2) is 29.2 Å². The number of ether oxygens (including phenoxy) is 1. The van der Waals surface area contributed by atoms with Gasteiger partial charge in [0, 0.05) is 25.0 Å². The minimum atomic E-state index is -3.51. The normalized spacial score (nSPS) is 19.3. The lowest BCUT2D eigenvalue weighted by Gasteiger charge is -2.27. The van der Waals surface area contributed by atoms with Gasteiger partial charge in [-0.25, -0.2) is 8.42 Å². The minimum Gasteiger partial charge on any atom is -0.497 e. The number of likely N-dealkylation sites (tertiary alicyclic amines) is 1. The summed E-state index contributed by atoms with van der Waals surface area (Å²) in [6.07, 6.45) is 1.93. The Balaban J connectivity index is 2.06. The molecule has 0 saturated carbocycles. The number of carbonyl (C=O) groups excluding carboxylic acids is 1. The molecule has 1 fully saturated rings. The van der Waals surface area contributed by atoms with Gasteiger partial charge in [0.15, 0.2) is 9.84 Å². The van der Waals surface area contributed by atoms with E-state index < -0.39 is 15.8 Å². The van der Waals surface area contributed by atoms with Gasteiger partial charge >= 0.3 is 0 Å². The Labute approximate surface area is 144 Å². The van der Waals surface area contributed by atoms with Crippen LogP contribution in [0.4, 0.5) is 0 Å². The topological polar surface area (TPSA) is 75.7 Å². The molecule has 1 saturated heterocycles. The van der Waals surface area contributed by atoms with E-state index in [1.165, 1.54) is 19.2 Å². The van der Waals surface area contributed by atoms with Crippen molar-refractivity contribution in [3.63, 3.8) is 0 Å². The Bertz CT molecular complexity index is 658. The summed E-state index contributed by atoms with van der Waals surface area (Å²) >= 11 is 0. The highest BCUT2D eigenvalue weighted by Crippen LogP contribution is 2.22. The van der Waals surface area contributed by atoms with Crippen molar-refractivity contribution >= 4 is 15.7 Å². The summed E-state index contributed by atoms with van der Waals surface area (Å²) in [5, 5.41) is 3.09. The van der Waals surface area contributed by atoms with Gasteiger partial charge in [-0.3, -0.25) is 4.79 Å². The van der Waals surface area contributed by atoms with Crippen LogP contribution >= 0.6 is 0 Å². The Morgan fingerprint density at radius 3 is 2.62 bits per heavy atom. The molecular weight excluding hydrogens is 328 g/mol. The summed E-state index contributed by atoms with van der Waals surface area (Å²) < 4.78 is 30.1. The first-order valence-corrected chi connectivity index (χ1v) is 9.86. The fourth-order valence-electron chi connectivity index (χ4n) is 3.14. The number of nitrogens with one attached hydrogen (secondary N) is 1. The molecule has 134 valence electrons. The smallest absolute Gasteiger partial charge is 0.226 e. The highest BCUT2D eigenvalue weighted by Gasteiger charge is 2.33. The lowest BCUT2D eigenvalue weighted by Crippen LogP contribution is -2.44. The van der Waals surface area contributed by atoms with Crippen LogP contribution in [0.25, 0.3) is 0 Å². The molecule has 1 amide bonds. The number of nitrogens with zero attached hydrogens (tertiary/aromatic N) is 1. The summed E-state index contributed by atoms with van der Waals surface area (Å²) in [6, 6.07) is 6.43. The lowest BCUT2D eigenvalue weighted by atomic mass is 10.1. The third-order valence-electron chi connectivity index (χ3n) is 4.41. The first-order valence-electron chi connectivity index (χ1n) is 8.21. The SMILES string of the molecule is CNCC1CCCN1C(=O)C(C)CS(=O)(=O)c1ccc(OC)cc1. The lowest BCUT2D eigenvalue weighted by molar-refractivity contribution is -0.135. The number of hydrogen-bond donors (Lipinski definition) is 1. The molecule has 0 radical (unpaired) electrons. The molecule has 6 nitrogen and oxygen atoms in total. The summed E-state index contributed by atoms with van der Waals surface area (Å²) in [4.78, 5) is 14.7. The van der Waals surface area contributed by atoms with Crippen molar-refractivity contribution in [3.8, 4) is 5.75 Å². The fraction of sp³-hybridized carbons (Fsp3) is 0.588. The average Bonchev–Trinajstić information content (AvgIpc) is 3.02. The van der Waals surface area contributed by atoms with Gasteiger partial charge in [0.05, 0.1) is 17.8 Å². The highest BCUT2D eigenvalue weighted by molar-refractivity contribution is 7.91. The van der Waals surface area contributed by atoms with Crippen molar-refractivity contribution in [2.75, 3.05) is 33.0 Å². The third-order valence-corrected chi connectivity index (χ3v) is 6.34. The number of amides is 1. The van der Waals surface area contributed by atoms with Crippen LogP contribution in [0.1, 0.15) is 19.8 Å². The number of likely N-dealkylation sites (N-methyl/N-ethyl adjacent to an activating group) is 1. The van der Waals surface area contributed by atoms with Gasteiger partial charge in [0.2, 0.25) is 5.91 Å². The van der Waals surface area contributed by atoms with Crippen molar-refractivity contribution in [2.24, 2.45) is 5.92 Å². The van der Waals surface area contributed by atoms with Gasteiger partial charge in [-0.15, -0.1) is 0 Å². The molecule has 1 aliphatic heterocycles. The van der Waals surface area contributed by atoms with Gasteiger partial charge in [-0.2, -0.15) is 0 Å². The van der Waals surface area contributed by atoms with Gasteiger partial charge in [0.25, 0.3) is 0 Å². The highest BCUT2D eigenvalue weighted by atomic mass is 32.2. The van der Waals surface area contributed by atoms with E-state index in [1.807, 2.05) is 11.9 Å². The summed E-state index contributed by atoms with van der Waals surface area (Å²) in [6.45, 7) is 3.14. The Morgan fingerprint density at radius 2 is 2.04 bits per heavy atom. The van der Waals surface area contributed by atoms with Crippen molar-refractivity contribution < 1.29 is 17.9 Å². The molecule has 0 aliphatic carbocycles. The maximum atomic E-state index is 12.7. The van der Waals surface area contributed by atoms with Gasteiger partial charge in [-0.05, 0) is 44.2 Å². The summed E-state index contributed by atoms with van der Waals surface area (Å²) in [5.74, 6) is -0.217. The van der Waals surface area contributed by atoms with Crippen molar-refractivity contribution in [2.45, 2.75) is 30.7 Å². The summed E-state index contributed by atoms with van der Waals surface area (Å²) in [7, 11) is -0.118. The molecule has 1 aromatic carbocycles. The molecule has 2 rings (SSSR count). The molecule has 1 N–H and O–H groups in total. The second-order valence-corrected chi connectivity index (χ2v) is 8.28. The van der Waals surface area contributed by atoms with E-state index in [1.54, 1.807) is 19.1 Å². The van der Waals surface area contributed by atoms with Crippen molar-refractivity contribution in [1.29, 1.82) is 0 Å². The largest absolute Gasteiger partial charge is 0.497 e. The zero-order valence-electron chi connectivity index (χ0n) is 14.5. The number of carbonyl (C=O) groups is 1. The molecule has 1 heterocycles. The molecular formula is C17H26N2O4S. The Hall–Kier alpha value is -1.60. The number of sulfone groups is 1. The summed E-state index contributed by atoms with van der Waals surface area (Å²) in [5.41, 5.74) is 0. The van der Waals surface area contributed by atoms with Gasteiger partial charge in [-0.1, -0.05) is 6.92 Å². The van der Waals surface area contributed by atoms with Gasteiger partial charge in [0.1, 0.15) is 5.75 Å². The maximum Gasteiger partial charge on any atom is 0.226 e. The zero-order valence-corrected chi connectivity index (χ0v) is 15.3. The molecule has 2 atom stereocenters. The van der Waals surface area contributed by atoms with E-state index >= 15 is 0 Å². The molecule has 1 aromatic rings. The maximum absolute atomic E-state index is 12.7. The predicted molar refractivity (Wildman–Crippen MR) is 92.9 cm³/mol. The van der Waals surface area contributed by atoms with Crippen LogP contribution in [0.2, 0.25) is 0 Å². The quantitative estimate of drug-likeness (QED) is 0.799. The first-order chi connectivity index (χ1) is 11.4. The monoisotopic (exact) mass is 354 g/mol. The molecule has 0 bridgehead atoms. The third kappa shape index (κ3) is 4.27. The van der Waals surface area contributed by atoms with Crippen molar-refractivity contribution in [3.05, 3.63) is 24.3 Å². The van der Waals surface area contributed by atoms with E-state index in [0.717, 1.165) is 19.4 Å². The Kier molecular flexibility index (Phi) is 6.23.